The molecule has 0 aromatic carbocycles. The van der Waals surface area contributed by atoms with Crippen LogP contribution in [0.5, 0.6) is 0 Å². The van der Waals surface area contributed by atoms with E-state index in [9.17, 15) is 0 Å². The average molecular weight is 236 g/mol. The first-order valence-corrected chi connectivity index (χ1v) is 5.44. The van der Waals surface area contributed by atoms with Crippen LogP contribution in [0.1, 0.15) is 36.4 Å². The molecular weight excluding hydrogens is 220 g/mol. The van der Waals surface area contributed by atoms with E-state index in [1.54, 1.807) is 18.7 Å². The van der Waals surface area contributed by atoms with Crippen LogP contribution in [-0.2, 0) is 0 Å². The van der Waals surface area contributed by atoms with Crippen molar-refractivity contribution in [1.82, 2.24) is 14.5 Å². The molecule has 2 heterocycles. The van der Waals surface area contributed by atoms with Gasteiger partial charge in [0.1, 0.15) is 11.8 Å². The van der Waals surface area contributed by atoms with Crippen molar-refractivity contribution in [2.75, 3.05) is 6.61 Å². The van der Waals surface area contributed by atoms with Crippen LogP contribution in [0.15, 0.2) is 23.1 Å². The number of imidazole rings is 1. The standard InChI is InChI=1S/C11H16N4O2/c1-7-3-14-11(17-7)8(2)15-6-13-4-10(15)9(12)5-16/h3-4,6,8-9,16H,5,12H2,1-2H3. The Morgan fingerprint density at radius 1 is 1.53 bits per heavy atom. The summed E-state index contributed by atoms with van der Waals surface area (Å²) in [6.45, 7) is 3.67. The summed E-state index contributed by atoms with van der Waals surface area (Å²) in [7, 11) is 0. The molecule has 0 radical (unpaired) electrons. The van der Waals surface area contributed by atoms with Crippen LogP contribution in [0, 0.1) is 6.92 Å². The Morgan fingerprint density at radius 3 is 2.88 bits per heavy atom. The maximum absolute atomic E-state index is 9.08. The molecule has 2 aromatic rings. The number of hydrogen-bond acceptors (Lipinski definition) is 5. The highest BCUT2D eigenvalue weighted by molar-refractivity contribution is 5.09. The Labute approximate surface area is 99.1 Å². The van der Waals surface area contributed by atoms with Crippen molar-refractivity contribution in [3.8, 4) is 0 Å². The first-order valence-electron chi connectivity index (χ1n) is 5.44. The molecule has 2 rings (SSSR count). The lowest BCUT2D eigenvalue weighted by Crippen LogP contribution is -2.20. The van der Waals surface area contributed by atoms with Crippen LogP contribution < -0.4 is 5.73 Å². The van der Waals surface area contributed by atoms with Gasteiger partial charge < -0.3 is 19.8 Å². The molecular formula is C11H16N4O2. The fourth-order valence-corrected chi connectivity index (χ4v) is 1.70. The molecule has 0 amide bonds. The summed E-state index contributed by atoms with van der Waals surface area (Å²) in [6.07, 6.45) is 4.98. The lowest BCUT2D eigenvalue weighted by atomic mass is 10.2. The fraction of sp³-hybridized carbons (Fsp3) is 0.455. The summed E-state index contributed by atoms with van der Waals surface area (Å²) < 4.78 is 7.33. The Kier molecular flexibility index (Phi) is 3.26. The van der Waals surface area contributed by atoms with Crippen molar-refractivity contribution < 1.29 is 9.52 Å². The third kappa shape index (κ3) is 2.22. The van der Waals surface area contributed by atoms with Gasteiger partial charge in [-0.2, -0.15) is 0 Å². The van der Waals surface area contributed by atoms with E-state index in [0.29, 0.717) is 5.89 Å². The first-order chi connectivity index (χ1) is 8.13. The van der Waals surface area contributed by atoms with Crippen molar-refractivity contribution in [2.45, 2.75) is 25.9 Å². The normalized spacial score (nSPS) is 14.8. The number of oxazole rings is 1. The van der Waals surface area contributed by atoms with Crippen molar-refractivity contribution >= 4 is 0 Å². The zero-order valence-corrected chi connectivity index (χ0v) is 9.87. The number of nitrogens with zero attached hydrogens (tertiary/aromatic N) is 3. The van der Waals surface area contributed by atoms with Gasteiger partial charge in [0.25, 0.3) is 0 Å². The van der Waals surface area contributed by atoms with E-state index >= 15 is 0 Å². The minimum atomic E-state index is -0.448. The molecule has 0 spiro atoms. The number of rotatable bonds is 4. The van der Waals surface area contributed by atoms with Crippen molar-refractivity contribution in [2.24, 2.45) is 5.73 Å². The highest BCUT2D eigenvalue weighted by atomic mass is 16.4. The van der Waals surface area contributed by atoms with E-state index < -0.39 is 6.04 Å². The van der Waals surface area contributed by atoms with Gasteiger partial charge in [-0.15, -0.1) is 0 Å². The first kappa shape index (κ1) is 11.8. The second-order valence-corrected chi connectivity index (χ2v) is 4.00. The predicted octanol–water partition coefficient (Wildman–Crippen LogP) is 0.781. The highest BCUT2D eigenvalue weighted by Gasteiger charge is 2.19. The molecule has 0 aliphatic heterocycles. The van der Waals surface area contributed by atoms with Crippen LogP contribution in [0.3, 0.4) is 0 Å². The zero-order valence-electron chi connectivity index (χ0n) is 9.87. The second-order valence-electron chi connectivity index (χ2n) is 4.00. The number of hydrogen-bond donors (Lipinski definition) is 2. The SMILES string of the molecule is Cc1cnc(C(C)n2cncc2C(N)CO)o1. The lowest BCUT2D eigenvalue weighted by Gasteiger charge is -2.16. The molecule has 0 aliphatic carbocycles. The lowest BCUT2D eigenvalue weighted by molar-refractivity contribution is 0.261. The minimum absolute atomic E-state index is 0.0983. The Balaban J connectivity index is 2.31. The molecule has 6 heteroatoms. The molecule has 2 unspecified atom stereocenters. The quantitative estimate of drug-likeness (QED) is 0.818. The van der Waals surface area contributed by atoms with Gasteiger partial charge in [0, 0.05) is 6.20 Å². The smallest absolute Gasteiger partial charge is 0.217 e. The van der Waals surface area contributed by atoms with Gasteiger partial charge in [0.15, 0.2) is 0 Å². The molecule has 3 N–H and O–H groups in total. The summed E-state index contributed by atoms with van der Waals surface area (Å²) in [5.41, 5.74) is 6.56. The molecule has 2 aromatic heterocycles. The van der Waals surface area contributed by atoms with Crippen LogP contribution in [0.25, 0.3) is 0 Å². The maximum atomic E-state index is 9.08. The molecule has 0 saturated carbocycles. The second kappa shape index (κ2) is 4.68. The van der Waals surface area contributed by atoms with Crippen LogP contribution in [0.4, 0.5) is 0 Å². The largest absolute Gasteiger partial charge is 0.444 e. The average Bonchev–Trinajstić information content (AvgIpc) is 2.95. The number of aliphatic hydroxyl groups excluding tert-OH is 1. The molecule has 17 heavy (non-hydrogen) atoms. The number of aliphatic hydroxyl groups is 1. The number of aromatic nitrogens is 3. The van der Waals surface area contributed by atoms with Gasteiger partial charge in [0.2, 0.25) is 5.89 Å². The van der Waals surface area contributed by atoms with Crippen LogP contribution in [0.2, 0.25) is 0 Å². The minimum Gasteiger partial charge on any atom is -0.444 e. The molecule has 92 valence electrons. The molecule has 0 bridgehead atoms. The Bertz CT molecular complexity index is 491. The van der Waals surface area contributed by atoms with Gasteiger partial charge >= 0.3 is 0 Å². The van der Waals surface area contributed by atoms with Crippen molar-refractivity contribution in [1.29, 1.82) is 0 Å². The van der Waals surface area contributed by atoms with Gasteiger partial charge in [-0.1, -0.05) is 0 Å². The third-order valence-electron chi connectivity index (χ3n) is 2.69. The van der Waals surface area contributed by atoms with Crippen molar-refractivity contribution in [3.05, 3.63) is 36.1 Å². The monoisotopic (exact) mass is 236 g/mol. The summed E-state index contributed by atoms with van der Waals surface area (Å²) in [5.74, 6) is 1.37. The number of aryl methyl sites for hydroxylation is 1. The highest BCUT2D eigenvalue weighted by Crippen LogP contribution is 2.21. The molecule has 0 fully saturated rings. The van der Waals surface area contributed by atoms with E-state index in [-0.39, 0.29) is 12.6 Å². The van der Waals surface area contributed by atoms with E-state index in [0.717, 1.165) is 11.5 Å². The Hall–Kier alpha value is -1.66. The van der Waals surface area contributed by atoms with E-state index in [2.05, 4.69) is 9.97 Å². The van der Waals surface area contributed by atoms with Gasteiger partial charge in [0.05, 0.1) is 30.9 Å². The number of nitrogens with two attached hydrogens (primary N) is 1. The fourth-order valence-electron chi connectivity index (χ4n) is 1.70. The zero-order chi connectivity index (χ0) is 12.4. The summed E-state index contributed by atoms with van der Waals surface area (Å²) in [5, 5.41) is 9.08. The summed E-state index contributed by atoms with van der Waals surface area (Å²) in [4.78, 5) is 8.23. The van der Waals surface area contributed by atoms with E-state index in [1.807, 2.05) is 18.4 Å². The predicted molar refractivity (Wildman–Crippen MR) is 61.3 cm³/mol. The Morgan fingerprint density at radius 2 is 2.29 bits per heavy atom. The van der Waals surface area contributed by atoms with Crippen molar-refractivity contribution in [3.63, 3.8) is 0 Å². The van der Waals surface area contributed by atoms with E-state index in [1.165, 1.54) is 0 Å². The molecule has 0 aliphatic rings. The van der Waals surface area contributed by atoms with Crippen LogP contribution >= 0.6 is 0 Å². The molecule has 6 nitrogen and oxygen atoms in total. The van der Waals surface area contributed by atoms with Gasteiger partial charge in [-0.05, 0) is 13.8 Å². The summed E-state index contributed by atoms with van der Waals surface area (Å²) >= 11 is 0. The van der Waals surface area contributed by atoms with Gasteiger partial charge in [-0.3, -0.25) is 0 Å². The maximum Gasteiger partial charge on any atom is 0.217 e. The third-order valence-corrected chi connectivity index (χ3v) is 2.69. The van der Waals surface area contributed by atoms with E-state index in [4.69, 9.17) is 15.3 Å². The molecule has 2 atom stereocenters. The molecule has 0 saturated heterocycles. The topological polar surface area (TPSA) is 90.1 Å². The van der Waals surface area contributed by atoms with Crippen LogP contribution in [-0.4, -0.2) is 26.2 Å². The van der Waals surface area contributed by atoms with Gasteiger partial charge in [-0.25, -0.2) is 9.97 Å². The summed E-state index contributed by atoms with van der Waals surface area (Å²) in [6, 6.07) is -0.546.